The van der Waals surface area contributed by atoms with E-state index in [2.05, 4.69) is 4.74 Å². The number of carboxylic acid groups (broad SMARTS) is 1. The molecule has 0 radical (unpaired) electrons. The SMILES string of the molecule is COC(=O)C(C)CN(C)S(=O)(=O)N1CCC(C(=O)O)CC1. The number of carboxylic acids is 1. The molecule has 0 amide bonds. The van der Waals surface area contributed by atoms with Crippen LogP contribution >= 0.6 is 0 Å². The van der Waals surface area contributed by atoms with Crippen molar-refractivity contribution in [2.75, 3.05) is 33.8 Å². The number of esters is 1. The van der Waals surface area contributed by atoms with Gasteiger partial charge in [-0.05, 0) is 12.8 Å². The molecule has 1 N–H and O–H groups in total. The summed E-state index contributed by atoms with van der Waals surface area (Å²) < 4.78 is 31.7. The zero-order chi connectivity index (χ0) is 16.2. The minimum absolute atomic E-state index is 0.0217. The van der Waals surface area contributed by atoms with Gasteiger partial charge < -0.3 is 9.84 Å². The third-order valence-corrected chi connectivity index (χ3v) is 5.61. The van der Waals surface area contributed by atoms with Gasteiger partial charge in [0, 0.05) is 26.7 Å². The summed E-state index contributed by atoms with van der Waals surface area (Å²) in [4.78, 5) is 22.2. The topological polar surface area (TPSA) is 104 Å². The average molecular weight is 322 g/mol. The van der Waals surface area contributed by atoms with Crippen LogP contribution in [-0.2, 0) is 24.5 Å². The van der Waals surface area contributed by atoms with Crippen LogP contribution in [0, 0.1) is 11.8 Å². The molecule has 1 unspecified atom stereocenters. The van der Waals surface area contributed by atoms with Crippen LogP contribution in [0.3, 0.4) is 0 Å². The average Bonchev–Trinajstić information content (AvgIpc) is 2.46. The first-order valence-electron chi connectivity index (χ1n) is 6.72. The summed E-state index contributed by atoms with van der Waals surface area (Å²) in [5.41, 5.74) is 0. The van der Waals surface area contributed by atoms with Crippen LogP contribution in [0.1, 0.15) is 19.8 Å². The number of methoxy groups -OCH3 is 1. The Labute approximate surface area is 124 Å². The fourth-order valence-corrected chi connectivity index (χ4v) is 3.76. The van der Waals surface area contributed by atoms with Crippen LogP contribution in [0.15, 0.2) is 0 Å². The molecule has 0 bridgehead atoms. The van der Waals surface area contributed by atoms with Crippen molar-refractivity contribution in [2.24, 2.45) is 11.8 Å². The number of nitrogens with zero attached hydrogens (tertiary/aromatic N) is 2. The maximum atomic E-state index is 12.4. The minimum atomic E-state index is -3.68. The summed E-state index contributed by atoms with van der Waals surface area (Å²) in [5.74, 6) is -2.41. The Morgan fingerprint density at radius 1 is 1.38 bits per heavy atom. The third kappa shape index (κ3) is 4.39. The third-order valence-electron chi connectivity index (χ3n) is 3.66. The highest BCUT2D eigenvalue weighted by Crippen LogP contribution is 2.21. The fraction of sp³-hybridized carbons (Fsp3) is 0.833. The molecule has 0 spiro atoms. The van der Waals surface area contributed by atoms with E-state index in [1.165, 1.54) is 18.5 Å². The Hall–Kier alpha value is -1.19. The second-order valence-corrected chi connectivity index (χ2v) is 7.26. The van der Waals surface area contributed by atoms with Crippen molar-refractivity contribution in [2.45, 2.75) is 19.8 Å². The molecule has 0 aromatic rings. The molecule has 1 aliphatic rings. The first kappa shape index (κ1) is 17.9. The summed E-state index contributed by atoms with van der Waals surface area (Å²) in [5, 5.41) is 8.91. The number of rotatable bonds is 6. The molecular weight excluding hydrogens is 300 g/mol. The van der Waals surface area contributed by atoms with E-state index in [9.17, 15) is 18.0 Å². The van der Waals surface area contributed by atoms with Gasteiger partial charge in [0.2, 0.25) is 0 Å². The maximum absolute atomic E-state index is 12.4. The zero-order valence-corrected chi connectivity index (χ0v) is 13.3. The molecule has 0 aliphatic carbocycles. The van der Waals surface area contributed by atoms with Crippen LogP contribution in [0.4, 0.5) is 0 Å². The first-order chi connectivity index (χ1) is 9.70. The smallest absolute Gasteiger partial charge is 0.309 e. The molecule has 9 heteroatoms. The Morgan fingerprint density at radius 3 is 2.33 bits per heavy atom. The maximum Gasteiger partial charge on any atom is 0.309 e. The number of piperidine rings is 1. The summed E-state index contributed by atoms with van der Waals surface area (Å²) >= 11 is 0. The van der Waals surface area contributed by atoms with Crippen molar-refractivity contribution in [3.63, 3.8) is 0 Å². The summed E-state index contributed by atoms with van der Waals surface area (Å²) in [7, 11) is -1.03. The molecule has 122 valence electrons. The monoisotopic (exact) mass is 322 g/mol. The van der Waals surface area contributed by atoms with Gasteiger partial charge in [0.1, 0.15) is 0 Å². The molecule has 1 fully saturated rings. The Balaban J connectivity index is 2.65. The van der Waals surface area contributed by atoms with E-state index in [0.717, 1.165) is 4.31 Å². The van der Waals surface area contributed by atoms with E-state index in [4.69, 9.17) is 5.11 Å². The predicted octanol–water partition coefficient (Wildman–Crippen LogP) is -0.231. The number of ether oxygens (including phenoxy) is 1. The van der Waals surface area contributed by atoms with E-state index >= 15 is 0 Å². The van der Waals surface area contributed by atoms with Gasteiger partial charge in [-0.1, -0.05) is 6.92 Å². The lowest BCUT2D eigenvalue weighted by Gasteiger charge is -2.32. The minimum Gasteiger partial charge on any atom is -0.481 e. The molecule has 0 aromatic heterocycles. The van der Waals surface area contributed by atoms with Gasteiger partial charge in [-0.25, -0.2) is 0 Å². The van der Waals surface area contributed by atoms with Crippen LogP contribution < -0.4 is 0 Å². The lowest BCUT2D eigenvalue weighted by Crippen LogP contribution is -2.48. The summed E-state index contributed by atoms with van der Waals surface area (Å²) in [6.07, 6.45) is 0.601. The van der Waals surface area contributed by atoms with Gasteiger partial charge in [0.25, 0.3) is 10.2 Å². The Morgan fingerprint density at radius 2 is 1.90 bits per heavy atom. The van der Waals surface area contributed by atoms with Crippen LogP contribution in [-0.4, -0.2) is 67.9 Å². The molecule has 8 nitrogen and oxygen atoms in total. The molecule has 1 aliphatic heterocycles. The van der Waals surface area contributed by atoms with Crippen molar-refractivity contribution < 1.29 is 27.9 Å². The van der Waals surface area contributed by atoms with Crippen LogP contribution in [0.2, 0.25) is 0 Å². The molecule has 1 atom stereocenters. The van der Waals surface area contributed by atoms with Crippen molar-refractivity contribution >= 4 is 22.1 Å². The highest BCUT2D eigenvalue weighted by atomic mass is 32.2. The van der Waals surface area contributed by atoms with Crippen molar-refractivity contribution in [3.8, 4) is 0 Å². The van der Waals surface area contributed by atoms with Crippen molar-refractivity contribution in [1.82, 2.24) is 8.61 Å². The van der Waals surface area contributed by atoms with Gasteiger partial charge in [-0.2, -0.15) is 17.0 Å². The normalized spacial score (nSPS) is 19.4. The van der Waals surface area contributed by atoms with Gasteiger partial charge in [0.15, 0.2) is 0 Å². The first-order valence-corrected chi connectivity index (χ1v) is 8.12. The molecule has 0 saturated carbocycles. The lowest BCUT2D eigenvalue weighted by molar-refractivity contribution is -0.145. The lowest BCUT2D eigenvalue weighted by atomic mass is 9.99. The number of carbonyl (C=O) groups excluding carboxylic acids is 1. The van der Waals surface area contributed by atoms with Gasteiger partial charge in [-0.3, -0.25) is 9.59 Å². The quantitative estimate of drug-likeness (QED) is 0.677. The van der Waals surface area contributed by atoms with E-state index < -0.39 is 34.0 Å². The fourth-order valence-electron chi connectivity index (χ4n) is 2.29. The van der Waals surface area contributed by atoms with Crippen molar-refractivity contribution in [1.29, 1.82) is 0 Å². The Kier molecular flexibility index (Phi) is 6.11. The Bertz CT molecular complexity index is 484. The predicted molar refractivity (Wildman–Crippen MR) is 74.7 cm³/mol. The second kappa shape index (κ2) is 7.19. The van der Waals surface area contributed by atoms with Crippen molar-refractivity contribution in [3.05, 3.63) is 0 Å². The summed E-state index contributed by atoms with van der Waals surface area (Å²) in [6, 6.07) is 0. The number of aliphatic carboxylic acids is 1. The number of carbonyl (C=O) groups is 2. The van der Waals surface area contributed by atoms with Crippen LogP contribution in [0.25, 0.3) is 0 Å². The molecule has 1 rings (SSSR count). The summed E-state index contributed by atoms with van der Waals surface area (Å²) in [6.45, 7) is 1.97. The highest BCUT2D eigenvalue weighted by molar-refractivity contribution is 7.86. The zero-order valence-electron chi connectivity index (χ0n) is 12.5. The molecule has 1 saturated heterocycles. The standard InChI is InChI=1S/C12H22N2O6S/c1-9(12(17)20-3)8-13(2)21(18,19)14-6-4-10(5-7-14)11(15)16/h9-10H,4-8H2,1-3H3,(H,15,16). The van der Waals surface area contributed by atoms with E-state index in [-0.39, 0.29) is 19.6 Å². The second-order valence-electron chi connectivity index (χ2n) is 5.22. The van der Waals surface area contributed by atoms with Gasteiger partial charge in [0.05, 0.1) is 18.9 Å². The molecule has 0 aromatic carbocycles. The van der Waals surface area contributed by atoms with E-state index in [0.29, 0.717) is 12.8 Å². The highest BCUT2D eigenvalue weighted by Gasteiger charge is 2.34. The molecule has 1 heterocycles. The number of hydrogen-bond donors (Lipinski definition) is 1. The van der Waals surface area contributed by atoms with Gasteiger partial charge in [-0.15, -0.1) is 0 Å². The largest absolute Gasteiger partial charge is 0.481 e. The number of hydrogen-bond acceptors (Lipinski definition) is 5. The van der Waals surface area contributed by atoms with Crippen LogP contribution in [0.5, 0.6) is 0 Å². The van der Waals surface area contributed by atoms with E-state index in [1.807, 2.05) is 0 Å². The van der Waals surface area contributed by atoms with Gasteiger partial charge >= 0.3 is 11.9 Å². The molecular formula is C12H22N2O6S. The molecule has 21 heavy (non-hydrogen) atoms. The van der Waals surface area contributed by atoms with E-state index in [1.54, 1.807) is 6.92 Å².